The minimum Gasteiger partial charge on any atom is -0.328 e. The van der Waals surface area contributed by atoms with E-state index in [-0.39, 0.29) is 0 Å². The Morgan fingerprint density at radius 3 is 2.73 bits per heavy atom. The Morgan fingerprint density at radius 2 is 1.96 bits per heavy atom. The largest absolute Gasteiger partial charge is 0.328 e. The lowest BCUT2D eigenvalue weighted by Crippen LogP contribution is -2.21. The quantitative estimate of drug-likeness (QED) is 0.659. The summed E-state index contributed by atoms with van der Waals surface area (Å²) in [5.41, 5.74) is 5.73. The maximum absolute atomic E-state index is 4.73. The van der Waals surface area contributed by atoms with Crippen LogP contribution in [0.5, 0.6) is 0 Å². The lowest BCUT2D eigenvalue weighted by Gasteiger charge is -2.16. The van der Waals surface area contributed by atoms with E-state index in [1.807, 2.05) is 11.7 Å². The van der Waals surface area contributed by atoms with Crippen LogP contribution in [0.1, 0.15) is 34.1 Å². The number of aryl methyl sites for hydroxylation is 2. The first-order chi connectivity index (χ1) is 12.7. The van der Waals surface area contributed by atoms with E-state index in [4.69, 9.17) is 4.98 Å². The van der Waals surface area contributed by atoms with Gasteiger partial charge in [-0.05, 0) is 38.3 Å². The SMILES string of the molecule is Cc1ncsc1CN1CCC(Cc2ncc(C)n2Cc2ccccc2)C1. The van der Waals surface area contributed by atoms with Crippen LogP contribution in [0.4, 0.5) is 0 Å². The Balaban J connectivity index is 1.40. The monoisotopic (exact) mass is 366 g/mol. The summed E-state index contributed by atoms with van der Waals surface area (Å²) in [6.07, 6.45) is 4.35. The highest BCUT2D eigenvalue weighted by molar-refractivity contribution is 7.09. The van der Waals surface area contributed by atoms with Crippen molar-refractivity contribution in [2.45, 2.75) is 39.8 Å². The van der Waals surface area contributed by atoms with Crippen molar-refractivity contribution in [3.05, 3.63) is 69.7 Å². The van der Waals surface area contributed by atoms with E-state index in [0.29, 0.717) is 5.92 Å². The number of benzene rings is 1. The van der Waals surface area contributed by atoms with Crippen LogP contribution >= 0.6 is 11.3 Å². The van der Waals surface area contributed by atoms with Crippen LogP contribution in [0, 0.1) is 19.8 Å². The first-order valence-electron chi connectivity index (χ1n) is 9.35. The molecule has 4 rings (SSSR count). The highest BCUT2D eigenvalue weighted by atomic mass is 32.1. The van der Waals surface area contributed by atoms with Crippen LogP contribution in [-0.4, -0.2) is 32.5 Å². The van der Waals surface area contributed by atoms with Crippen molar-refractivity contribution < 1.29 is 0 Å². The first kappa shape index (κ1) is 17.4. The van der Waals surface area contributed by atoms with Crippen molar-refractivity contribution in [3.8, 4) is 0 Å². The Morgan fingerprint density at radius 1 is 1.12 bits per heavy atom. The van der Waals surface area contributed by atoms with Crippen molar-refractivity contribution in [1.29, 1.82) is 0 Å². The van der Waals surface area contributed by atoms with Crippen LogP contribution in [0.25, 0.3) is 0 Å². The molecule has 0 spiro atoms. The van der Waals surface area contributed by atoms with Crippen LogP contribution in [0.3, 0.4) is 0 Å². The topological polar surface area (TPSA) is 34.0 Å². The summed E-state index contributed by atoms with van der Waals surface area (Å²) in [5.74, 6) is 1.92. The molecular formula is C21H26N4S. The number of aromatic nitrogens is 3. The molecule has 4 nitrogen and oxygen atoms in total. The maximum atomic E-state index is 4.73. The summed E-state index contributed by atoms with van der Waals surface area (Å²) in [7, 11) is 0. The van der Waals surface area contributed by atoms with Gasteiger partial charge < -0.3 is 4.57 Å². The van der Waals surface area contributed by atoms with Crippen molar-refractivity contribution in [2.75, 3.05) is 13.1 Å². The van der Waals surface area contributed by atoms with E-state index < -0.39 is 0 Å². The Labute approximate surface area is 159 Å². The van der Waals surface area contributed by atoms with Gasteiger partial charge in [0.1, 0.15) is 5.82 Å². The third-order valence-electron chi connectivity index (χ3n) is 5.37. The van der Waals surface area contributed by atoms with Gasteiger partial charge in [0.2, 0.25) is 0 Å². The van der Waals surface area contributed by atoms with Gasteiger partial charge >= 0.3 is 0 Å². The standard InChI is InChI=1S/C21H26N4S/c1-16-11-22-21(25(16)13-18-6-4-3-5-7-18)10-19-8-9-24(12-19)14-20-17(2)23-15-26-20/h3-7,11,15,19H,8-10,12-14H2,1-2H3. The predicted molar refractivity (Wildman–Crippen MR) is 106 cm³/mol. The Hall–Kier alpha value is -1.98. The molecule has 5 heteroatoms. The van der Waals surface area contributed by atoms with Crippen LogP contribution in [0.2, 0.25) is 0 Å². The molecule has 1 unspecified atom stereocenters. The molecule has 1 aliphatic heterocycles. The molecule has 0 saturated carbocycles. The van der Waals surface area contributed by atoms with Gasteiger partial charge in [0, 0.05) is 42.8 Å². The molecule has 0 N–H and O–H groups in total. The molecule has 0 aliphatic carbocycles. The minimum atomic E-state index is 0.694. The van der Waals surface area contributed by atoms with E-state index in [1.165, 1.54) is 40.6 Å². The zero-order valence-corrected chi connectivity index (χ0v) is 16.4. The van der Waals surface area contributed by atoms with E-state index in [2.05, 4.69) is 58.6 Å². The van der Waals surface area contributed by atoms with E-state index >= 15 is 0 Å². The fraction of sp³-hybridized carbons (Fsp3) is 0.429. The summed E-state index contributed by atoms with van der Waals surface area (Å²) in [4.78, 5) is 13.1. The number of nitrogens with zero attached hydrogens (tertiary/aromatic N) is 4. The van der Waals surface area contributed by atoms with E-state index in [1.54, 1.807) is 11.3 Å². The third-order valence-corrected chi connectivity index (χ3v) is 6.29. The predicted octanol–water partition coefficient (Wildman–Crippen LogP) is 4.07. The Kier molecular flexibility index (Phi) is 5.18. The highest BCUT2D eigenvalue weighted by Gasteiger charge is 2.25. The minimum absolute atomic E-state index is 0.694. The molecule has 1 fully saturated rings. The number of hydrogen-bond donors (Lipinski definition) is 0. The summed E-state index contributed by atoms with van der Waals surface area (Å²) in [5, 5.41) is 0. The second kappa shape index (κ2) is 7.72. The van der Waals surface area contributed by atoms with Gasteiger partial charge in [-0.2, -0.15) is 0 Å². The molecular weight excluding hydrogens is 340 g/mol. The van der Waals surface area contributed by atoms with Crippen molar-refractivity contribution >= 4 is 11.3 Å². The molecule has 136 valence electrons. The summed E-state index contributed by atoms with van der Waals surface area (Å²) in [6.45, 7) is 8.58. The second-order valence-electron chi connectivity index (χ2n) is 7.34. The highest BCUT2D eigenvalue weighted by Crippen LogP contribution is 2.25. The normalized spacial score (nSPS) is 17.8. The zero-order chi connectivity index (χ0) is 17.9. The summed E-state index contributed by atoms with van der Waals surface area (Å²) < 4.78 is 2.38. The molecule has 0 amide bonds. The maximum Gasteiger partial charge on any atom is 0.109 e. The van der Waals surface area contributed by atoms with Crippen molar-refractivity contribution in [1.82, 2.24) is 19.4 Å². The molecule has 1 aromatic carbocycles. The van der Waals surface area contributed by atoms with E-state index in [0.717, 1.165) is 26.1 Å². The number of imidazole rings is 1. The molecule has 0 radical (unpaired) electrons. The number of rotatable bonds is 6. The van der Waals surface area contributed by atoms with Crippen molar-refractivity contribution in [3.63, 3.8) is 0 Å². The average Bonchev–Trinajstić information content (AvgIpc) is 3.34. The lowest BCUT2D eigenvalue weighted by atomic mass is 10.0. The molecule has 26 heavy (non-hydrogen) atoms. The van der Waals surface area contributed by atoms with Crippen LogP contribution in [0.15, 0.2) is 42.0 Å². The van der Waals surface area contributed by atoms with Gasteiger partial charge in [-0.1, -0.05) is 30.3 Å². The van der Waals surface area contributed by atoms with Crippen LogP contribution in [-0.2, 0) is 19.5 Å². The van der Waals surface area contributed by atoms with Gasteiger partial charge in [0.05, 0.1) is 11.2 Å². The van der Waals surface area contributed by atoms with Crippen molar-refractivity contribution in [2.24, 2.45) is 5.92 Å². The molecule has 0 bridgehead atoms. The van der Waals surface area contributed by atoms with Crippen LogP contribution < -0.4 is 0 Å². The van der Waals surface area contributed by atoms with Gasteiger partial charge in [-0.15, -0.1) is 11.3 Å². The molecule has 1 atom stereocenters. The van der Waals surface area contributed by atoms with Gasteiger partial charge in [0.15, 0.2) is 0 Å². The van der Waals surface area contributed by atoms with E-state index in [9.17, 15) is 0 Å². The van der Waals surface area contributed by atoms with Gasteiger partial charge in [0.25, 0.3) is 0 Å². The molecule has 2 aromatic heterocycles. The first-order valence-corrected chi connectivity index (χ1v) is 10.2. The molecule has 1 saturated heterocycles. The summed E-state index contributed by atoms with van der Waals surface area (Å²) in [6, 6.07) is 10.7. The zero-order valence-electron chi connectivity index (χ0n) is 15.6. The second-order valence-corrected chi connectivity index (χ2v) is 8.28. The third kappa shape index (κ3) is 3.89. The molecule has 1 aliphatic rings. The number of likely N-dealkylation sites (tertiary alicyclic amines) is 1. The molecule has 3 aromatic rings. The average molecular weight is 367 g/mol. The lowest BCUT2D eigenvalue weighted by molar-refractivity contribution is 0.317. The smallest absolute Gasteiger partial charge is 0.109 e. The van der Waals surface area contributed by atoms with Gasteiger partial charge in [-0.3, -0.25) is 4.90 Å². The fourth-order valence-electron chi connectivity index (χ4n) is 3.82. The summed E-state index contributed by atoms with van der Waals surface area (Å²) >= 11 is 1.78. The fourth-order valence-corrected chi connectivity index (χ4v) is 4.64. The molecule has 3 heterocycles. The number of hydrogen-bond acceptors (Lipinski definition) is 4. The van der Waals surface area contributed by atoms with Gasteiger partial charge in [-0.25, -0.2) is 9.97 Å². The number of thiazole rings is 1. The Bertz CT molecular complexity index is 852.